The summed E-state index contributed by atoms with van der Waals surface area (Å²) in [6, 6.07) is 4.78. The van der Waals surface area contributed by atoms with Gasteiger partial charge in [-0.05, 0) is 58.2 Å². The molecule has 2 aromatic rings. The van der Waals surface area contributed by atoms with E-state index in [1.165, 1.54) is 9.13 Å². The van der Waals surface area contributed by atoms with Crippen molar-refractivity contribution in [3.05, 3.63) is 34.2 Å². The Labute approximate surface area is 198 Å². The number of rotatable bonds is 6. The number of piperidine rings is 1. The Morgan fingerprint density at radius 2 is 1.94 bits per heavy atom. The van der Waals surface area contributed by atoms with Crippen molar-refractivity contribution in [2.24, 2.45) is 7.05 Å². The molecule has 0 radical (unpaired) electrons. The van der Waals surface area contributed by atoms with Crippen molar-refractivity contribution in [1.29, 1.82) is 0 Å². The SMILES string of the molecule is Cn1c(=O)n(C2CCC(=O)NC2=O)c2ccc(C#CCCCCCNC(=O)OC(C)(C)C)cc21. The number of hydrogen-bond donors (Lipinski definition) is 2. The maximum atomic E-state index is 12.8. The van der Waals surface area contributed by atoms with Gasteiger partial charge in [0.1, 0.15) is 11.6 Å². The monoisotopic (exact) mass is 468 g/mol. The number of hydrogen-bond acceptors (Lipinski definition) is 5. The topological polar surface area (TPSA) is 111 Å². The van der Waals surface area contributed by atoms with Crippen LogP contribution in [0.2, 0.25) is 0 Å². The van der Waals surface area contributed by atoms with Crippen molar-refractivity contribution in [1.82, 2.24) is 19.8 Å². The first-order chi connectivity index (χ1) is 16.1. The number of alkyl carbamates (subject to hydrolysis) is 1. The quantitative estimate of drug-likeness (QED) is 0.385. The molecule has 0 spiro atoms. The molecule has 1 aromatic heterocycles. The van der Waals surface area contributed by atoms with Gasteiger partial charge in [-0.15, -0.1) is 0 Å². The molecule has 1 atom stereocenters. The maximum absolute atomic E-state index is 12.8. The van der Waals surface area contributed by atoms with Crippen LogP contribution < -0.4 is 16.3 Å². The number of carbonyl (C=O) groups is 3. The Morgan fingerprint density at radius 1 is 1.18 bits per heavy atom. The maximum Gasteiger partial charge on any atom is 0.407 e. The summed E-state index contributed by atoms with van der Waals surface area (Å²) in [7, 11) is 1.66. The fourth-order valence-electron chi connectivity index (χ4n) is 3.86. The second kappa shape index (κ2) is 10.6. The van der Waals surface area contributed by atoms with E-state index in [2.05, 4.69) is 22.5 Å². The first-order valence-electron chi connectivity index (χ1n) is 11.6. The van der Waals surface area contributed by atoms with Gasteiger partial charge in [-0.3, -0.25) is 24.0 Å². The van der Waals surface area contributed by atoms with Gasteiger partial charge in [0.05, 0.1) is 11.0 Å². The number of fused-ring (bicyclic) bond motifs is 1. The molecule has 1 aliphatic heterocycles. The van der Waals surface area contributed by atoms with Crippen LogP contribution in [-0.4, -0.2) is 39.2 Å². The van der Waals surface area contributed by atoms with Gasteiger partial charge in [0, 0.05) is 32.0 Å². The zero-order chi connectivity index (χ0) is 24.9. The van der Waals surface area contributed by atoms with Crippen LogP contribution in [0, 0.1) is 11.8 Å². The number of imide groups is 1. The van der Waals surface area contributed by atoms with E-state index in [0.717, 1.165) is 31.2 Å². The Kier molecular flexibility index (Phi) is 7.82. The van der Waals surface area contributed by atoms with Crippen LogP contribution >= 0.6 is 0 Å². The lowest BCUT2D eigenvalue weighted by Crippen LogP contribution is -2.44. The number of benzene rings is 1. The number of aromatic nitrogens is 2. The molecule has 1 aromatic carbocycles. The van der Waals surface area contributed by atoms with Crippen molar-refractivity contribution >= 4 is 28.9 Å². The summed E-state index contributed by atoms with van der Waals surface area (Å²) in [4.78, 5) is 48.2. The van der Waals surface area contributed by atoms with Gasteiger partial charge < -0.3 is 10.1 Å². The molecule has 0 aliphatic carbocycles. The summed E-state index contributed by atoms with van der Waals surface area (Å²) in [5.74, 6) is 5.53. The van der Waals surface area contributed by atoms with E-state index in [4.69, 9.17) is 4.74 Å². The summed E-state index contributed by atoms with van der Waals surface area (Å²) >= 11 is 0. The molecule has 0 bridgehead atoms. The Balaban J connectivity index is 1.55. The average Bonchev–Trinajstić information content (AvgIpc) is 2.99. The first kappa shape index (κ1) is 25.1. The van der Waals surface area contributed by atoms with Gasteiger partial charge in [0.25, 0.3) is 0 Å². The van der Waals surface area contributed by atoms with Crippen molar-refractivity contribution < 1.29 is 19.1 Å². The standard InChI is InChI=1S/C25H32N4O5/c1-25(2,3)34-23(32)26-15-9-7-5-6-8-10-17-11-12-18-20(16-17)28(4)24(33)29(18)19-13-14-21(30)27-22(19)31/h11-12,16,19H,5-7,9,13-15H2,1-4H3,(H,26,32)(H,27,30,31). The minimum Gasteiger partial charge on any atom is -0.444 e. The highest BCUT2D eigenvalue weighted by Gasteiger charge is 2.31. The largest absolute Gasteiger partial charge is 0.444 e. The third-order valence-corrected chi connectivity index (χ3v) is 5.49. The molecule has 1 aliphatic rings. The molecule has 1 saturated heterocycles. The van der Waals surface area contributed by atoms with Crippen LogP contribution in [0.3, 0.4) is 0 Å². The molecular formula is C25H32N4O5. The molecule has 182 valence electrons. The number of nitrogens with one attached hydrogen (secondary N) is 2. The smallest absolute Gasteiger partial charge is 0.407 e. The van der Waals surface area contributed by atoms with Crippen LogP contribution in [0.15, 0.2) is 23.0 Å². The summed E-state index contributed by atoms with van der Waals surface area (Å²) in [6.07, 6.45) is 3.54. The fraction of sp³-hybridized carbons (Fsp3) is 0.520. The molecule has 2 heterocycles. The van der Waals surface area contributed by atoms with Gasteiger partial charge in [0.2, 0.25) is 11.8 Å². The summed E-state index contributed by atoms with van der Waals surface area (Å²) < 4.78 is 8.15. The minimum atomic E-state index is -0.698. The second-order valence-corrected chi connectivity index (χ2v) is 9.42. The van der Waals surface area contributed by atoms with Crippen molar-refractivity contribution in [3.8, 4) is 11.8 Å². The van der Waals surface area contributed by atoms with Gasteiger partial charge in [-0.2, -0.15) is 0 Å². The van der Waals surface area contributed by atoms with Crippen molar-refractivity contribution in [2.45, 2.75) is 70.9 Å². The third kappa shape index (κ3) is 6.28. The molecule has 3 amide bonds. The summed E-state index contributed by atoms with van der Waals surface area (Å²) in [6.45, 7) is 6.06. The highest BCUT2D eigenvalue weighted by Crippen LogP contribution is 2.23. The molecule has 0 saturated carbocycles. The highest BCUT2D eigenvalue weighted by molar-refractivity contribution is 6.00. The van der Waals surface area contributed by atoms with E-state index in [9.17, 15) is 19.2 Å². The molecule has 3 rings (SSSR count). The van der Waals surface area contributed by atoms with Gasteiger partial charge in [-0.25, -0.2) is 9.59 Å². The van der Waals surface area contributed by atoms with E-state index in [1.807, 2.05) is 32.9 Å². The molecule has 9 heteroatoms. The van der Waals surface area contributed by atoms with Crippen molar-refractivity contribution in [2.75, 3.05) is 6.54 Å². The molecular weight excluding hydrogens is 436 g/mol. The van der Waals surface area contributed by atoms with E-state index in [1.54, 1.807) is 13.1 Å². The number of aryl methyl sites for hydroxylation is 1. The van der Waals surface area contributed by atoms with Gasteiger partial charge in [0.15, 0.2) is 0 Å². The lowest BCUT2D eigenvalue weighted by molar-refractivity contribution is -0.135. The van der Waals surface area contributed by atoms with Crippen LogP contribution in [0.25, 0.3) is 11.0 Å². The van der Waals surface area contributed by atoms with Gasteiger partial charge in [-0.1, -0.05) is 18.3 Å². The zero-order valence-electron chi connectivity index (χ0n) is 20.2. The van der Waals surface area contributed by atoms with E-state index in [0.29, 0.717) is 24.0 Å². The molecule has 2 N–H and O–H groups in total. The average molecular weight is 469 g/mol. The normalized spacial score (nSPS) is 16.1. The molecule has 1 fully saturated rings. The first-order valence-corrected chi connectivity index (χ1v) is 11.6. The Bertz CT molecular complexity index is 1210. The number of ether oxygens (including phenoxy) is 1. The number of nitrogens with zero attached hydrogens (tertiary/aromatic N) is 2. The van der Waals surface area contributed by atoms with Crippen LogP contribution in [0.5, 0.6) is 0 Å². The fourth-order valence-corrected chi connectivity index (χ4v) is 3.86. The number of unbranched alkanes of at least 4 members (excludes halogenated alkanes) is 3. The summed E-state index contributed by atoms with van der Waals surface area (Å²) in [5, 5.41) is 5.06. The Hall–Kier alpha value is -3.54. The summed E-state index contributed by atoms with van der Waals surface area (Å²) in [5.41, 5.74) is 1.33. The predicted molar refractivity (Wildman–Crippen MR) is 128 cm³/mol. The van der Waals surface area contributed by atoms with Gasteiger partial charge >= 0.3 is 11.8 Å². The van der Waals surface area contributed by atoms with E-state index in [-0.39, 0.29) is 18.0 Å². The van der Waals surface area contributed by atoms with E-state index < -0.39 is 23.6 Å². The number of amides is 3. The minimum absolute atomic E-state index is 0.208. The molecule has 1 unspecified atom stereocenters. The number of imidazole rings is 1. The van der Waals surface area contributed by atoms with Crippen molar-refractivity contribution in [3.63, 3.8) is 0 Å². The van der Waals surface area contributed by atoms with E-state index >= 15 is 0 Å². The Morgan fingerprint density at radius 3 is 2.65 bits per heavy atom. The predicted octanol–water partition coefficient (Wildman–Crippen LogP) is 2.75. The highest BCUT2D eigenvalue weighted by atomic mass is 16.6. The van der Waals surface area contributed by atoms with Crippen LogP contribution in [0.1, 0.15) is 70.9 Å². The zero-order valence-corrected chi connectivity index (χ0v) is 20.2. The third-order valence-electron chi connectivity index (χ3n) is 5.49. The van der Waals surface area contributed by atoms with Crippen LogP contribution in [0.4, 0.5) is 4.79 Å². The lowest BCUT2D eigenvalue weighted by Gasteiger charge is -2.21. The second-order valence-electron chi connectivity index (χ2n) is 9.42. The number of carbonyl (C=O) groups excluding carboxylic acids is 3. The molecule has 9 nitrogen and oxygen atoms in total. The lowest BCUT2D eigenvalue weighted by atomic mass is 10.1. The molecule has 34 heavy (non-hydrogen) atoms. The van der Waals surface area contributed by atoms with Crippen LogP contribution in [-0.2, 0) is 21.4 Å².